The number of nitrogens with zero attached hydrogens (tertiary/aromatic N) is 1. The lowest BCUT2D eigenvalue weighted by molar-refractivity contribution is 0.103. The number of nitriles is 1. The molecule has 4 heteroatoms. The van der Waals surface area contributed by atoms with Crippen LogP contribution in [0.2, 0.25) is 0 Å². The largest absolute Gasteiger partial charge is 0.472 e. The number of hydrogen-bond acceptors (Lipinski definition) is 4. The van der Waals surface area contributed by atoms with Crippen LogP contribution in [0.25, 0.3) is 6.08 Å². The second-order valence-electron chi connectivity index (χ2n) is 5.00. The molecule has 0 bridgehead atoms. The van der Waals surface area contributed by atoms with Crippen molar-refractivity contribution in [3.63, 3.8) is 0 Å². The summed E-state index contributed by atoms with van der Waals surface area (Å²) in [7, 11) is 0. The van der Waals surface area contributed by atoms with Gasteiger partial charge in [-0.1, -0.05) is 42.1 Å². The molecule has 3 nitrogen and oxygen atoms in total. The minimum atomic E-state index is -0.339. The molecule has 0 aliphatic rings. The van der Waals surface area contributed by atoms with E-state index in [9.17, 15) is 10.1 Å². The highest BCUT2D eigenvalue weighted by molar-refractivity contribution is 7.99. The molecule has 1 aromatic heterocycles. The fourth-order valence-corrected chi connectivity index (χ4v) is 2.96. The molecule has 0 atom stereocenters. The average molecular weight is 331 g/mol. The first-order chi connectivity index (χ1) is 11.8. The summed E-state index contributed by atoms with van der Waals surface area (Å²) >= 11 is 1.66. The summed E-state index contributed by atoms with van der Waals surface area (Å²) in [5.74, 6) is -0.339. The van der Waals surface area contributed by atoms with Crippen molar-refractivity contribution < 1.29 is 9.21 Å². The van der Waals surface area contributed by atoms with Gasteiger partial charge in [-0.3, -0.25) is 4.79 Å². The molecule has 0 N–H and O–H groups in total. The van der Waals surface area contributed by atoms with Crippen molar-refractivity contribution in [2.75, 3.05) is 0 Å². The quantitative estimate of drug-likeness (QED) is 0.365. The molecular weight excluding hydrogens is 318 g/mol. The molecule has 0 saturated carbocycles. The number of rotatable bonds is 5. The van der Waals surface area contributed by atoms with Gasteiger partial charge in [-0.2, -0.15) is 5.26 Å². The molecule has 0 radical (unpaired) electrons. The van der Waals surface area contributed by atoms with E-state index in [0.717, 1.165) is 15.4 Å². The fraction of sp³-hybridized carbons (Fsp3) is 0. The molecule has 0 amide bonds. The average Bonchev–Trinajstić information content (AvgIpc) is 3.16. The number of carbonyl (C=O) groups excluding carboxylic acids is 1. The van der Waals surface area contributed by atoms with Crippen molar-refractivity contribution in [2.24, 2.45) is 0 Å². The Morgan fingerprint density at radius 1 is 1.00 bits per heavy atom. The summed E-state index contributed by atoms with van der Waals surface area (Å²) in [5, 5.41) is 9.23. The zero-order valence-electron chi connectivity index (χ0n) is 12.7. The number of ketones is 1. The molecule has 1 heterocycles. The summed E-state index contributed by atoms with van der Waals surface area (Å²) in [4.78, 5) is 14.5. The predicted octanol–water partition coefficient (Wildman–Crippen LogP) is 5.22. The van der Waals surface area contributed by atoms with E-state index in [4.69, 9.17) is 4.42 Å². The summed E-state index contributed by atoms with van der Waals surface area (Å²) in [5.41, 5.74) is 1.26. The monoisotopic (exact) mass is 331 g/mol. The van der Waals surface area contributed by atoms with Gasteiger partial charge in [0.05, 0.1) is 11.8 Å². The van der Waals surface area contributed by atoms with E-state index in [1.165, 1.54) is 12.5 Å². The Labute approximate surface area is 144 Å². The normalized spacial score (nSPS) is 11.0. The Morgan fingerprint density at radius 3 is 2.33 bits per heavy atom. The molecule has 0 fully saturated rings. The Hall–Kier alpha value is -3.03. The first-order valence-corrected chi connectivity index (χ1v) is 8.09. The molecule has 0 unspecified atom stereocenters. The van der Waals surface area contributed by atoms with Crippen LogP contribution in [-0.2, 0) is 0 Å². The minimum Gasteiger partial charge on any atom is -0.472 e. The van der Waals surface area contributed by atoms with E-state index in [-0.39, 0.29) is 11.4 Å². The van der Waals surface area contributed by atoms with E-state index < -0.39 is 0 Å². The third-order valence-corrected chi connectivity index (χ3v) is 4.33. The number of benzene rings is 2. The Kier molecular flexibility index (Phi) is 4.95. The van der Waals surface area contributed by atoms with Gasteiger partial charge in [0.15, 0.2) is 0 Å². The standard InChI is InChI=1S/C20H13NO2S/c21-13-17(20(22)16-10-11-23-14-16)12-15-6-8-19(9-7-15)24-18-4-2-1-3-5-18/h1-12,14H. The highest BCUT2D eigenvalue weighted by atomic mass is 32.2. The van der Waals surface area contributed by atoms with Crippen LogP contribution in [0.4, 0.5) is 0 Å². The van der Waals surface area contributed by atoms with Gasteiger partial charge in [0, 0.05) is 9.79 Å². The van der Waals surface area contributed by atoms with E-state index in [0.29, 0.717) is 5.56 Å². The van der Waals surface area contributed by atoms with Gasteiger partial charge in [0.25, 0.3) is 0 Å². The van der Waals surface area contributed by atoms with Crippen LogP contribution in [0.5, 0.6) is 0 Å². The van der Waals surface area contributed by atoms with Gasteiger partial charge in [-0.25, -0.2) is 0 Å². The number of Topliss-reactive ketones (excluding diaryl/α,β-unsaturated/α-hetero) is 1. The second kappa shape index (κ2) is 7.49. The van der Waals surface area contributed by atoms with Crippen molar-refractivity contribution in [2.45, 2.75) is 9.79 Å². The SMILES string of the molecule is N#CC(=Cc1ccc(Sc2ccccc2)cc1)C(=O)c1ccoc1. The number of hydrogen-bond donors (Lipinski definition) is 0. The minimum absolute atomic E-state index is 0.0832. The van der Waals surface area contributed by atoms with E-state index in [1.54, 1.807) is 23.9 Å². The number of furan rings is 1. The second-order valence-corrected chi connectivity index (χ2v) is 6.14. The number of allylic oxidation sites excluding steroid dienone is 1. The Morgan fingerprint density at radius 2 is 1.71 bits per heavy atom. The molecule has 0 aliphatic heterocycles. The van der Waals surface area contributed by atoms with Crippen LogP contribution < -0.4 is 0 Å². The van der Waals surface area contributed by atoms with Crippen LogP contribution in [0.1, 0.15) is 15.9 Å². The summed E-state index contributed by atoms with van der Waals surface area (Å²) in [6.07, 6.45) is 4.34. The summed E-state index contributed by atoms with van der Waals surface area (Å²) < 4.78 is 4.89. The molecule has 116 valence electrons. The van der Waals surface area contributed by atoms with Gasteiger partial charge in [-0.05, 0) is 42.0 Å². The van der Waals surface area contributed by atoms with Crippen molar-refractivity contribution in [1.82, 2.24) is 0 Å². The van der Waals surface area contributed by atoms with Gasteiger partial charge in [0.1, 0.15) is 17.9 Å². The van der Waals surface area contributed by atoms with Crippen LogP contribution >= 0.6 is 11.8 Å². The van der Waals surface area contributed by atoms with Crippen LogP contribution in [0.3, 0.4) is 0 Å². The third-order valence-electron chi connectivity index (χ3n) is 3.32. The topological polar surface area (TPSA) is 54.0 Å². The lowest BCUT2D eigenvalue weighted by atomic mass is 10.0. The van der Waals surface area contributed by atoms with Crippen molar-refractivity contribution in [1.29, 1.82) is 5.26 Å². The Balaban J connectivity index is 1.77. The van der Waals surface area contributed by atoms with Gasteiger partial charge in [0.2, 0.25) is 5.78 Å². The Bertz CT molecular complexity index is 889. The lowest BCUT2D eigenvalue weighted by Crippen LogP contribution is -1.99. The highest BCUT2D eigenvalue weighted by Crippen LogP contribution is 2.27. The van der Waals surface area contributed by atoms with Gasteiger partial charge in [-0.15, -0.1) is 0 Å². The van der Waals surface area contributed by atoms with Crippen molar-refractivity contribution in [3.8, 4) is 6.07 Å². The van der Waals surface area contributed by atoms with Crippen LogP contribution in [0, 0.1) is 11.3 Å². The maximum atomic E-state index is 12.2. The zero-order valence-corrected chi connectivity index (χ0v) is 13.5. The number of carbonyl (C=O) groups is 1. The summed E-state index contributed by atoms with van der Waals surface area (Å²) in [6.45, 7) is 0. The van der Waals surface area contributed by atoms with Crippen molar-refractivity contribution in [3.05, 3.63) is 89.9 Å². The maximum absolute atomic E-state index is 12.2. The first-order valence-electron chi connectivity index (χ1n) is 7.28. The molecule has 3 rings (SSSR count). The van der Waals surface area contributed by atoms with Gasteiger partial charge >= 0.3 is 0 Å². The molecule has 0 saturated heterocycles. The highest BCUT2D eigenvalue weighted by Gasteiger charge is 2.13. The van der Waals surface area contributed by atoms with E-state index >= 15 is 0 Å². The molecule has 0 spiro atoms. The molecule has 24 heavy (non-hydrogen) atoms. The fourth-order valence-electron chi connectivity index (χ4n) is 2.12. The third kappa shape index (κ3) is 3.83. The van der Waals surface area contributed by atoms with Crippen molar-refractivity contribution >= 4 is 23.6 Å². The predicted molar refractivity (Wildman–Crippen MR) is 93.6 cm³/mol. The van der Waals surface area contributed by atoms with E-state index in [2.05, 4.69) is 12.1 Å². The smallest absolute Gasteiger partial charge is 0.206 e. The van der Waals surface area contributed by atoms with E-state index in [1.807, 2.05) is 48.5 Å². The summed E-state index contributed by atoms with van der Waals surface area (Å²) in [6, 6.07) is 21.3. The van der Waals surface area contributed by atoms with Gasteiger partial charge < -0.3 is 4.42 Å². The maximum Gasteiger partial charge on any atom is 0.206 e. The molecule has 0 aliphatic carbocycles. The first kappa shape index (κ1) is 15.9. The molecule has 3 aromatic rings. The van der Waals surface area contributed by atoms with Crippen LogP contribution in [0.15, 0.2) is 93.0 Å². The molecule has 2 aromatic carbocycles. The zero-order chi connectivity index (χ0) is 16.8. The van der Waals surface area contributed by atoms with Crippen LogP contribution in [-0.4, -0.2) is 5.78 Å². The lowest BCUT2D eigenvalue weighted by Gasteiger charge is -2.02. The molecular formula is C20H13NO2S.